The van der Waals surface area contributed by atoms with Crippen LogP contribution in [0.3, 0.4) is 0 Å². The fourth-order valence-electron chi connectivity index (χ4n) is 10.5. The fourth-order valence-corrected chi connectivity index (χ4v) is 10.5. The number of allylic oxidation sites excluding steroid dienone is 2. The molecule has 69 heavy (non-hydrogen) atoms. The molecule has 5 aromatic heterocycles. The largest absolute Gasteiger partial charge is 0.370 e. The Labute approximate surface area is 397 Å². The maximum Gasteiger partial charge on any atom is 0.162 e. The van der Waals surface area contributed by atoms with E-state index in [1.165, 1.54) is 5.39 Å². The average molecular weight is 885 g/mol. The van der Waals surface area contributed by atoms with Gasteiger partial charge in [0, 0.05) is 50.6 Å². The van der Waals surface area contributed by atoms with Gasteiger partial charge in [0.05, 0.1) is 56.2 Å². The Hall–Kier alpha value is -9.40. The quantitative estimate of drug-likeness (QED) is 0.172. The molecule has 12 aromatic rings. The van der Waals surface area contributed by atoms with Gasteiger partial charge in [-0.25, -0.2) is 15.0 Å². The van der Waals surface area contributed by atoms with E-state index < -0.39 is 0 Å². The molecule has 0 saturated carbocycles. The van der Waals surface area contributed by atoms with Crippen LogP contribution < -0.4 is 10.2 Å². The molecule has 2 aliphatic rings. The molecule has 0 aliphatic carbocycles. The van der Waals surface area contributed by atoms with Crippen molar-refractivity contribution < 1.29 is 0 Å². The molecule has 1 N–H and O–H groups in total. The first kappa shape index (κ1) is 38.8. The zero-order valence-corrected chi connectivity index (χ0v) is 37.1. The summed E-state index contributed by atoms with van der Waals surface area (Å²) in [6, 6.07) is 74.4. The van der Waals surface area contributed by atoms with Gasteiger partial charge >= 0.3 is 0 Å². The Morgan fingerprint density at radius 3 is 1.86 bits per heavy atom. The zero-order chi connectivity index (χ0) is 45.4. The lowest BCUT2D eigenvalue weighted by atomic mass is 10.0. The van der Waals surface area contributed by atoms with E-state index in [0.29, 0.717) is 5.82 Å². The summed E-state index contributed by atoms with van der Waals surface area (Å²) < 4.78 is 4.59. The predicted octanol–water partition coefficient (Wildman–Crippen LogP) is 14.2. The van der Waals surface area contributed by atoms with Crippen molar-refractivity contribution in [3.05, 3.63) is 248 Å². The molecule has 7 heterocycles. The minimum Gasteiger partial charge on any atom is -0.370 e. The third kappa shape index (κ3) is 6.30. The van der Waals surface area contributed by atoms with Crippen LogP contribution in [0.5, 0.6) is 0 Å². The second-order valence-electron chi connectivity index (χ2n) is 17.5. The van der Waals surface area contributed by atoms with Crippen molar-refractivity contribution in [3.8, 4) is 45.4 Å². The number of benzene rings is 7. The number of nitrogens with one attached hydrogen (secondary N) is 1. The van der Waals surface area contributed by atoms with Gasteiger partial charge in [-0.1, -0.05) is 140 Å². The van der Waals surface area contributed by atoms with E-state index >= 15 is 0 Å². The Kier molecular flexibility index (Phi) is 8.78. The van der Waals surface area contributed by atoms with Gasteiger partial charge in [0.1, 0.15) is 17.7 Å². The lowest BCUT2D eigenvalue weighted by Gasteiger charge is -2.27. The molecule has 0 spiro atoms. The van der Waals surface area contributed by atoms with E-state index in [9.17, 15) is 0 Å². The molecule has 1 unspecified atom stereocenters. The first-order chi connectivity index (χ1) is 34.2. The number of aromatic nitrogens is 6. The Morgan fingerprint density at radius 1 is 0.406 bits per heavy atom. The molecule has 0 bridgehead atoms. The van der Waals surface area contributed by atoms with Gasteiger partial charge < -0.3 is 10.2 Å². The van der Waals surface area contributed by atoms with Crippen LogP contribution in [0.25, 0.3) is 94.7 Å². The van der Waals surface area contributed by atoms with Gasteiger partial charge in [-0.3, -0.25) is 14.1 Å². The molecule has 8 heteroatoms. The first-order valence-corrected chi connectivity index (χ1v) is 23.3. The van der Waals surface area contributed by atoms with E-state index in [0.717, 1.165) is 112 Å². The highest BCUT2D eigenvalue weighted by molar-refractivity contribution is 6.12. The lowest BCUT2D eigenvalue weighted by molar-refractivity contribution is 0.715. The summed E-state index contributed by atoms with van der Waals surface area (Å²) >= 11 is 0. The number of para-hydroxylation sites is 3. The molecule has 0 radical (unpaired) electrons. The molecule has 324 valence electrons. The molecule has 0 saturated heterocycles. The van der Waals surface area contributed by atoms with Crippen molar-refractivity contribution >= 4 is 60.7 Å². The number of dihydropyridines is 1. The number of fused-ring (bicyclic) bond motifs is 9. The second kappa shape index (κ2) is 15.6. The summed E-state index contributed by atoms with van der Waals surface area (Å²) in [5.74, 6) is 2.34. The number of anilines is 2. The molecule has 0 fully saturated rings. The first-order valence-electron chi connectivity index (χ1n) is 23.3. The predicted molar refractivity (Wildman–Crippen MR) is 280 cm³/mol. The molecular formula is C61H40N8. The third-order valence-corrected chi connectivity index (χ3v) is 13.6. The summed E-state index contributed by atoms with van der Waals surface area (Å²) in [5, 5.41) is 8.48. The number of hydrogen-bond acceptors (Lipinski definition) is 6. The van der Waals surface area contributed by atoms with Crippen LogP contribution in [0.4, 0.5) is 11.4 Å². The average Bonchev–Trinajstić information content (AvgIpc) is 4.06. The third-order valence-electron chi connectivity index (χ3n) is 13.6. The summed E-state index contributed by atoms with van der Waals surface area (Å²) in [7, 11) is 0. The fraction of sp³-hybridized carbons (Fsp3) is 0.0164. The zero-order valence-electron chi connectivity index (χ0n) is 37.1. The van der Waals surface area contributed by atoms with Crippen LogP contribution in [-0.2, 0) is 0 Å². The summed E-state index contributed by atoms with van der Waals surface area (Å²) in [4.78, 5) is 22.9. The molecule has 0 amide bonds. The van der Waals surface area contributed by atoms with Crippen molar-refractivity contribution in [2.45, 2.75) is 6.04 Å². The van der Waals surface area contributed by atoms with E-state index in [1.807, 2.05) is 42.6 Å². The van der Waals surface area contributed by atoms with Gasteiger partial charge in [-0.05, 0) is 90.0 Å². The minimum atomic E-state index is -0.113. The smallest absolute Gasteiger partial charge is 0.162 e. The normalized spacial score (nSPS) is 14.2. The molecule has 2 aliphatic heterocycles. The van der Waals surface area contributed by atoms with Gasteiger partial charge in [-0.15, -0.1) is 0 Å². The van der Waals surface area contributed by atoms with Crippen molar-refractivity contribution in [2.24, 2.45) is 0 Å². The summed E-state index contributed by atoms with van der Waals surface area (Å²) in [6.07, 6.45) is 6.22. The maximum absolute atomic E-state index is 5.37. The second-order valence-corrected chi connectivity index (χ2v) is 17.5. The number of rotatable bonds is 7. The Balaban J connectivity index is 0.876. The standard InChI is InChI=1S/C61H40N8/c1-4-16-39(17-5-1)50-38-58(66-61(65-50)40-18-6-2-7-19-40)69-51-25-12-10-22-44(51)46-31-29-42(37-56(46)69)41-30-33-53-47(36-41)45-23-11-13-26-52(45)68(53)57-28-14-24-48(63-57)49-32-34-55-60(64-49)59-54(27-15-35-62-59)67(55)43-20-8-3-9-21-43/h1-38,60,64H. The molecule has 1 atom stereocenters. The van der Waals surface area contributed by atoms with Crippen LogP contribution in [-0.4, -0.2) is 29.1 Å². The topological polar surface area (TPSA) is 76.7 Å². The van der Waals surface area contributed by atoms with Gasteiger partial charge in [-0.2, -0.15) is 0 Å². The van der Waals surface area contributed by atoms with Crippen molar-refractivity contribution in [1.29, 1.82) is 0 Å². The highest BCUT2D eigenvalue weighted by atomic mass is 15.2. The molecule has 8 nitrogen and oxygen atoms in total. The summed E-state index contributed by atoms with van der Waals surface area (Å²) in [6.45, 7) is 0. The van der Waals surface area contributed by atoms with Crippen molar-refractivity contribution in [1.82, 2.24) is 34.4 Å². The number of hydrogen-bond donors (Lipinski definition) is 1. The van der Waals surface area contributed by atoms with Crippen LogP contribution in [0.2, 0.25) is 0 Å². The molecule has 7 aromatic carbocycles. The highest BCUT2D eigenvalue weighted by Crippen LogP contribution is 2.48. The lowest BCUT2D eigenvalue weighted by Crippen LogP contribution is -2.26. The van der Waals surface area contributed by atoms with Gasteiger partial charge in [0.15, 0.2) is 5.82 Å². The minimum absolute atomic E-state index is 0.113. The van der Waals surface area contributed by atoms with Crippen LogP contribution in [0.15, 0.2) is 236 Å². The maximum atomic E-state index is 5.37. The van der Waals surface area contributed by atoms with Gasteiger partial charge in [0.2, 0.25) is 0 Å². The van der Waals surface area contributed by atoms with Crippen LogP contribution >= 0.6 is 0 Å². The van der Waals surface area contributed by atoms with E-state index in [-0.39, 0.29) is 6.04 Å². The van der Waals surface area contributed by atoms with Gasteiger partial charge in [0.25, 0.3) is 0 Å². The van der Waals surface area contributed by atoms with E-state index in [4.69, 9.17) is 19.9 Å². The van der Waals surface area contributed by atoms with Crippen molar-refractivity contribution in [3.63, 3.8) is 0 Å². The van der Waals surface area contributed by atoms with Crippen LogP contribution in [0.1, 0.15) is 17.4 Å². The van der Waals surface area contributed by atoms with E-state index in [1.54, 1.807) is 0 Å². The molecule has 14 rings (SSSR count). The van der Waals surface area contributed by atoms with E-state index in [2.05, 4.69) is 207 Å². The van der Waals surface area contributed by atoms with Crippen LogP contribution in [0, 0.1) is 0 Å². The SMILES string of the molecule is C1=C(c2cccc(-n3c4ccccc4c4cc(-c5ccc6c7ccccc7n(-c7cc(-c8ccccc8)nc(-c8ccccc8)n7)c6c5)ccc43)n2)NC2C(=C1)N(c1ccccc1)c1cccnc12. The van der Waals surface area contributed by atoms with Crippen molar-refractivity contribution in [2.75, 3.05) is 4.90 Å². The Bertz CT molecular complexity index is 4000. The molecular weight excluding hydrogens is 845 g/mol. The summed E-state index contributed by atoms with van der Waals surface area (Å²) in [5.41, 5.74) is 15.6. The number of pyridine rings is 2. The number of nitrogens with zero attached hydrogens (tertiary/aromatic N) is 7. The highest BCUT2D eigenvalue weighted by Gasteiger charge is 2.37. The Morgan fingerprint density at radius 2 is 1.06 bits per heavy atom. The monoisotopic (exact) mass is 884 g/mol.